The summed E-state index contributed by atoms with van der Waals surface area (Å²) in [5.74, 6) is 0.930. The molecule has 1 heterocycles. The van der Waals surface area contributed by atoms with E-state index in [-0.39, 0.29) is 0 Å². The third kappa shape index (κ3) is 2.85. The van der Waals surface area contributed by atoms with Gasteiger partial charge in [-0.3, -0.25) is 0 Å². The zero-order valence-corrected chi connectivity index (χ0v) is 11.1. The van der Waals surface area contributed by atoms with Gasteiger partial charge < -0.3 is 10.6 Å². The van der Waals surface area contributed by atoms with Crippen molar-refractivity contribution in [3.8, 4) is 0 Å². The Labute approximate surface area is 106 Å². The molecule has 2 N–H and O–H groups in total. The van der Waals surface area contributed by atoms with Crippen LogP contribution in [-0.2, 0) is 0 Å². The topological polar surface area (TPSA) is 24.1 Å². The molecule has 0 aromatic heterocycles. The number of nitrogens with one attached hydrogen (secondary N) is 2. The molecule has 3 fully saturated rings. The molecule has 1 saturated heterocycles. The van der Waals surface area contributed by atoms with Crippen LogP contribution >= 0.6 is 0 Å². The van der Waals surface area contributed by atoms with Crippen molar-refractivity contribution in [2.45, 2.75) is 82.3 Å². The number of rotatable bonds is 3. The van der Waals surface area contributed by atoms with Gasteiger partial charge in [-0.2, -0.15) is 0 Å². The maximum absolute atomic E-state index is 4.00. The van der Waals surface area contributed by atoms with E-state index >= 15 is 0 Å². The van der Waals surface area contributed by atoms with Crippen molar-refractivity contribution < 1.29 is 0 Å². The van der Waals surface area contributed by atoms with Gasteiger partial charge in [0.05, 0.1) is 0 Å². The molecule has 3 unspecified atom stereocenters. The van der Waals surface area contributed by atoms with Crippen molar-refractivity contribution in [2.75, 3.05) is 6.54 Å². The third-order valence-electron chi connectivity index (χ3n) is 5.24. The summed E-state index contributed by atoms with van der Waals surface area (Å²) in [6.07, 6.45) is 14.4. The molecule has 0 amide bonds. The van der Waals surface area contributed by atoms with Crippen LogP contribution in [0.25, 0.3) is 0 Å². The van der Waals surface area contributed by atoms with Crippen LogP contribution in [0.15, 0.2) is 0 Å². The maximum Gasteiger partial charge on any atom is 0.0113 e. The van der Waals surface area contributed by atoms with E-state index in [2.05, 4.69) is 10.6 Å². The largest absolute Gasteiger partial charge is 0.314 e. The fourth-order valence-corrected chi connectivity index (χ4v) is 4.33. The lowest BCUT2D eigenvalue weighted by Gasteiger charge is -2.32. The molecule has 1 aliphatic heterocycles. The normalized spacial score (nSPS) is 39.9. The van der Waals surface area contributed by atoms with Crippen molar-refractivity contribution in [1.82, 2.24) is 10.6 Å². The quantitative estimate of drug-likeness (QED) is 0.787. The first-order valence-corrected chi connectivity index (χ1v) is 7.93. The lowest BCUT2D eigenvalue weighted by molar-refractivity contribution is 0.268. The van der Waals surface area contributed by atoms with Gasteiger partial charge >= 0.3 is 0 Å². The van der Waals surface area contributed by atoms with E-state index in [1.54, 1.807) is 0 Å². The Kier molecular flexibility index (Phi) is 4.02. The number of hydrogen-bond acceptors (Lipinski definition) is 2. The van der Waals surface area contributed by atoms with E-state index in [1.165, 1.54) is 70.8 Å². The molecule has 0 aromatic carbocycles. The lowest BCUT2D eigenvalue weighted by Crippen LogP contribution is -2.46. The molecule has 3 rings (SSSR count). The van der Waals surface area contributed by atoms with Gasteiger partial charge in [0.1, 0.15) is 0 Å². The monoisotopic (exact) mass is 236 g/mol. The van der Waals surface area contributed by atoms with Crippen molar-refractivity contribution in [3.63, 3.8) is 0 Å². The summed E-state index contributed by atoms with van der Waals surface area (Å²) >= 11 is 0. The van der Waals surface area contributed by atoms with Gasteiger partial charge in [-0.25, -0.2) is 0 Å². The van der Waals surface area contributed by atoms with E-state index < -0.39 is 0 Å². The highest BCUT2D eigenvalue weighted by atomic mass is 15.0. The smallest absolute Gasteiger partial charge is 0.0113 e. The summed E-state index contributed by atoms with van der Waals surface area (Å²) in [4.78, 5) is 0. The van der Waals surface area contributed by atoms with E-state index in [4.69, 9.17) is 0 Å². The second-order valence-corrected chi connectivity index (χ2v) is 6.41. The highest BCUT2D eigenvalue weighted by Crippen LogP contribution is 2.33. The second kappa shape index (κ2) is 5.71. The van der Waals surface area contributed by atoms with Gasteiger partial charge in [0, 0.05) is 18.1 Å². The first-order chi connectivity index (χ1) is 8.43. The molecule has 0 spiro atoms. The summed E-state index contributed by atoms with van der Waals surface area (Å²) in [5.41, 5.74) is 0. The Morgan fingerprint density at radius 3 is 2.41 bits per heavy atom. The molecular weight excluding hydrogens is 208 g/mol. The van der Waals surface area contributed by atoms with Gasteiger partial charge in [-0.05, 0) is 51.0 Å². The molecule has 3 atom stereocenters. The minimum atomic E-state index is 0.827. The highest BCUT2D eigenvalue weighted by molar-refractivity contribution is 4.94. The molecule has 98 valence electrons. The molecule has 3 aliphatic rings. The van der Waals surface area contributed by atoms with Gasteiger partial charge in [-0.1, -0.05) is 25.7 Å². The van der Waals surface area contributed by atoms with Crippen LogP contribution in [0, 0.1) is 5.92 Å². The third-order valence-corrected chi connectivity index (χ3v) is 5.24. The number of hydrogen-bond donors (Lipinski definition) is 2. The van der Waals surface area contributed by atoms with Gasteiger partial charge in [0.15, 0.2) is 0 Å². The zero-order valence-electron chi connectivity index (χ0n) is 11.1. The van der Waals surface area contributed by atoms with E-state index in [0.717, 1.165) is 24.0 Å². The van der Waals surface area contributed by atoms with Crippen LogP contribution in [0.3, 0.4) is 0 Å². The first kappa shape index (κ1) is 12.0. The van der Waals surface area contributed by atoms with Gasteiger partial charge in [-0.15, -0.1) is 0 Å². The molecule has 17 heavy (non-hydrogen) atoms. The van der Waals surface area contributed by atoms with Crippen molar-refractivity contribution in [3.05, 3.63) is 0 Å². The molecule has 0 aromatic rings. The Morgan fingerprint density at radius 2 is 1.65 bits per heavy atom. The summed E-state index contributed by atoms with van der Waals surface area (Å²) in [6.45, 7) is 1.26. The lowest BCUT2D eigenvalue weighted by atomic mass is 9.90. The molecule has 0 bridgehead atoms. The van der Waals surface area contributed by atoms with Gasteiger partial charge in [0.25, 0.3) is 0 Å². The Hall–Kier alpha value is -0.0800. The van der Waals surface area contributed by atoms with Crippen LogP contribution in [-0.4, -0.2) is 24.7 Å². The molecule has 0 radical (unpaired) electrons. The zero-order chi connectivity index (χ0) is 11.5. The van der Waals surface area contributed by atoms with Crippen LogP contribution < -0.4 is 10.6 Å². The van der Waals surface area contributed by atoms with Crippen molar-refractivity contribution >= 4 is 0 Å². The first-order valence-electron chi connectivity index (χ1n) is 7.93. The minimum absolute atomic E-state index is 0.827. The maximum atomic E-state index is 4.00. The SMILES string of the molecule is C1CCC(NC2CCCC2C2CCCN2)CC1. The Morgan fingerprint density at radius 1 is 0.765 bits per heavy atom. The predicted octanol–water partition coefficient (Wildman–Crippen LogP) is 2.83. The fraction of sp³-hybridized carbons (Fsp3) is 1.00. The standard InChI is InChI=1S/C15H28N2/c1-2-6-12(7-3-1)17-15-9-4-8-13(15)14-10-5-11-16-14/h12-17H,1-11H2. The van der Waals surface area contributed by atoms with Crippen LogP contribution in [0.4, 0.5) is 0 Å². The summed E-state index contributed by atoms with van der Waals surface area (Å²) in [6, 6.07) is 2.50. The van der Waals surface area contributed by atoms with Crippen molar-refractivity contribution in [1.29, 1.82) is 0 Å². The van der Waals surface area contributed by atoms with Crippen LogP contribution in [0.5, 0.6) is 0 Å². The summed E-state index contributed by atoms with van der Waals surface area (Å²) < 4.78 is 0. The highest BCUT2D eigenvalue weighted by Gasteiger charge is 2.35. The van der Waals surface area contributed by atoms with E-state index in [9.17, 15) is 0 Å². The molecular formula is C15H28N2. The Bertz CT molecular complexity index is 229. The molecule has 2 saturated carbocycles. The fourth-order valence-electron chi connectivity index (χ4n) is 4.33. The minimum Gasteiger partial charge on any atom is -0.314 e. The molecule has 2 nitrogen and oxygen atoms in total. The second-order valence-electron chi connectivity index (χ2n) is 6.41. The van der Waals surface area contributed by atoms with E-state index in [1.807, 2.05) is 0 Å². The average Bonchev–Trinajstić information content (AvgIpc) is 3.00. The molecule has 2 heteroatoms. The molecule has 2 aliphatic carbocycles. The average molecular weight is 236 g/mol. The predicted molar refractivity (Wildman–Crippen MR) is 72.2 cm³/mol. The van der Waals surface area contributed by atoms with Crippen LogP contribution in [0.1, 0.15) is 64.2 Å². The van der Waals surface area contributed by atoms with Crippen molar-refractivity contribution in [2.24, 2.45) is 5.92 Å². The van der Waals surface area contributed by atoms with Crippen LogP contribution in [0.2, 0.25) is 0 Å². The summed E-state index contributed by atoms with van der Waals surface area (Å²) in [7, 11) is 0. The van der Waals surface area contributed by atoms with Gasteiger partial charge in [0.2, 0.25) is 0 Å². The summed E-state index contributed by atoms with van der Waals surface area (Å²) in [5, 5.41) is 7.73. The van der Waals surface area contributed by atoms with E-state index in [0.29, 0.717) is 0 Å². The Balaban J connectivity index is 1.53.